The fourth-order valence-corrected chi connectivity index (χ4v) is 3.47. The lowest BCUT2D eigenvalue weighted by atomic mass is 10.3. The third kappa shape index (κ3) is 1.65. The molecule has 0 aromatic carbocycles. The van der Waals surface area contributed by atoms with Gasteiger partial charge in [0.15, 0.2) is 5.82 Å². The normalized spacial score (nSPS) is 15.2. The Morgan fingerprint density at radius 1 is 1.42 bits per heavy atom. The first-order valence-electron chi connectivity index (χ1n) is 6.42. The third-order valence-electron chi connectivity index (χ3n) is 3.54. The summed E-state index contributed by atoms with van der Waals surface area (Å²) >= 11 is 1.62. The van der Waals surface area contributed by atoms with Crippen molar-refractivity contribution in [3.05, 3.63) is 30.1 Å². The number of aryl methyl sites for hydroxylation is 1. The second-order valence-corrected chi connectivity index (χ2v) is 6.15. The highest BCUT2D eigenvalue weighted by molar-refractivity contribution is 7.19. The SMILES string of the molecule is Cc1cc(N)sc1-c1nc2cnccc2n1C1CC1. The molecule has 0 amide bonds. The summed E-state index contributed by atoms with van der Waals surface area (Å²) < 4.78 is 2.36. The maximum Gasteiger partial charge on any atom is 0.151 e. The zero-order valence-corrected chi connectivity index (χ0v) is 11.4. The smallest absolute Gasteiger partial charge is 0.151 e. The highest BCUT2D eigenvalue weighted by Crippen LogP contribution is 2.43. The van der Waals surface area contributed by atoms with Crippen LogP contribution in [-0.4, -0.2) is 14.5 Å². The minimum atomic E-state index is 0.588. The largest absolute Gasteiger partial charge is 0.391 e. The van der Waals surface area contributed by atoms with Gasteiger partial charge in [-0.2, -0.15) is 0 Å². The summed E-state index contributed by atoms with van der Waals surface area (Å²) in [7, 11) is 0. The number of imidazole rings is 1. The molecule has 0 atom stereocenters. The Kier molecular flexibility index (Phi) is 2.20. The molecule has 1 saturated carbocycles. The number of anilines is 1. The first kappa shape index (κ1) is 11.0. The van der Waals surface area contributed by atoms with Crippen LogP contribution in [0.15, 0.2) is 24.5 Å². The molecule has 1 aliphatic rings. The molecule has 3 aromatic heterocycles. The van der Waals surface area contributed by atoms with E-state index < -0.39 is 0 Å². The molecule has 96 valence electrons. The van der Waals surface area contributed by atoms with E-state index >= 15 is 0 Å². The monoisotopic (exact) mass is 270 g/mol. The average Bonchev–Trinajstić information content (AvgIpc) is 3.07. The van der Waals surface area contributed by atoms with Crippen LogP contribution in [0.25, 0.3) is 21.7 Å². The molecule has 5 heteroatoms. The quantitative estimate of drug-likeness (QED) is 0.776. The Balaban J connectivity index is 2.03. The summed E-state index contributed by atoms with van der Waals surface area (Å²) in [6.45, 7) is 2.09. The Hall–Kier alpha value is -1.88. The summed E-state index contributed by atoms with van der Waals surface area (Å²) in [6.07, 6.45) is 6.15. The van der Waals surface area contributed by atoms with Crippen LogP contribution < -0.4 is 5.73 Å². The van der Waals surface area contributed by atoms with Gasteiger partial charge >= 0.3 is 0 Å². The van der Waals surface area contributed by atoms with Crippen LogP contribution in [0.4, 0.5) is 5.00 Å². The number of nitrogen functional groups attached to an aromatic ring is 1. The molecular weight excluding hydrogens is 256 g/mol. The van der Waals surface area contributed by atoms with E-state index in [0.29, 0.717) is 6.04 Å². The Bertz CT molecular complexity index is 767. The van der Waals surface area contributed by atoms with E-state index in [2.05, 4.69) is 22.5 Å². The molecule has 0 bridgehead atoms. The first-order valence-corrected chi connectivity index (χ1v) is 7.24. The molecule has 2 N–H and O–H groups in total. The lowest BCUT2D eigenvalue weighted by molar-refractivity contribution is 0.776. The van der Waals surface area contributed by atoms with Crippen molar-refractivity contribution in [3.8, 4) is 10.7 Å². The lowest BCUT2D eigenvalue weighted by Gasteiger charge is -2.06. The van der Waals surface area contributed by atoms with Crippen LogP contribution >= 0.6 is 11.3 Å². The van der Waals surface area contributed by atoms with Gasteiger partial charge in [-0.15, -0.1) is 11.3 Å². The molecule has 0 saturated heterocycles. The zero-order valence-electron chi connectivity index (χ0n) is 10.6. The first-order chi connectivity index (χ1) is 9.24. The predicted octanol–water partition coefficient (Wildman–Crippen LogP) is 3.39. The van der Waals surface area contributed by atoms with Gasteiger partial charge in [-0.3, -0.25) is 4.98 Å². The Morgan fingerprint density at radius 3 is 2.95 bits per heavy atom. The fourth-order valence-electron chi connectivity index (χ4n) is 2.54. The number of nitrogens with two attached hydrogens (primary N) is 1. The molecule has 0 radical (unpaired) electrons. The highest BCUT2D eigenvalue weighted by atomic mass is 32.1. The van der Waals surface area contributed by atoms with Crippen molar-refractivity contribution in [2.75, 3.05) is 5.73 Å². The van der Waals surface area contributed by atoms with Crippen molar-refractivity contribution >= 4 is 27.4 Å². The lowest BCUT2D eigenvalue weighted by Crippen LogP contribution is -1.96. The van der Waals surface area contributed by atoms with E-state index in [1.54, 1.807) is 11.3 Å². The average molecular weight is 270 g/mol. The molecule has 19 heavy (non-hydrogen) atoms. The van der Waals surface area contributed by atoms with Crippen molar-refractivity contribution < 1.29 is 0 Å². The molecule has 1 fully saturated rings. The van der Waals surface area contributed by atoms with Crippen LogP contribution in [0.5, 0.6) is 0 Å². The molecule has 0 unspecified atom stereocenters. The van der Waals surface area contributed by atoms with Gasteiger partial charge in [-0.05, 0) is 37.5 Å². The number of hydrogen-bond acceptors (Lipinski definition) is 4. The second kappa shape index (κ2) is 3.81. The number of nitrogens with zero attached hydrogens (tertiary/aromatic N) is 3. The van der Waals surface area contributed by atoms with Crippen molar-refractivity contribution in [2.45, 2.75) is 25.8 Å². The van der Waals surface area contributed by atoms with Gasteiger partial charge in [0.1, 0.15) is 5.52 Å². The molecule has 3 aromatic rings. The van der Waals surface area contributed by atoms with E-state index in [1.807, 2.05) is 18.5 Å². The Morgan fingerprint density at radius 2 is 2.26 bits per heavy atom. The number of fused-ring (bicyclic) bond motifs is 1. The van der Waals surface area contributed by atoms with Gasteiger partial charge < -0.3 is 10.3 Å². The summed E-state index contributed by atoms with van der Waals surface area (Å²) in [6, 6.07) is 4.66. The van der Waals surface area contributed by atoms with Gasteiger partial charge in [0.05, 0.1) is 21.6 Å². The van der Waals surface area contributed by atoms with Crippen LogP contribution in [0.1, 0.15) is 24.4 Å². The van der Waals surface area contributed by atoms with E-state index in [0.717, 1.165) is 16.3 Å². The summed E-state index contributed by atoms with van der Waals surface area (Å²) in [5, 5.41) is 0.847. The fraction of sp³-hybridized carbons (Fsp3) is 0.286. The van der Waals surface area contributed by atoms with Gasteiger partial charge in [0, 0.05) is 12.2 Å². The molecule has 3 heterocycles. The van der Waals surface area contributed by atoms with Gasteiger partial charge in [0.25, 0.3) is 0 Å². The molecule has 0 aliphatic heterocycles. The van der Waals surface area contributed by atoms with Crippen molar-refractivity contribution in [3.63, 3.8) is 0 Å². The van der Waals surface area contributed by atoms with E-state index in [1.165, 1.54) is 28.8 Å². The van der Waals surface area contributed by atoms with E-state index in [-0.39, 0.29) is 0 Å². The van der Waals surface area contributed by atoms with Crippen molar-refractivity contribution in [2.24, 2.45) is 0 Å². The molecule has 1 aliphatic carbocycles. The van der Waals surface area contributed by atoms with E-state index in [9.17, 15) is 0 Å². The number of pyridine rings is 1. The van der Waals surface area contributed by atoms with Gasteiger partial charge in [-0.1, -0.05) is 0 Å². The van der Waals surface area contributed by atoms with Crippen LogP contribution in [0.3, 0.4) is 0 Å². The van der Waals surface area contributed by atoms with E-state index in [4.69, 9.17) is 10.7 Å². The van der Waals surface area contributed by atoms with Crippen molar-refractivity contribution in [1.82, 2.24) is 14.5 Å². The zero-order chi connectivity index (χ0) is 13.0. The molecular formula is C14H14N4S. The van der Waals surface area contributed by atoms with Gasteiger partial charge in [-0.25, -0.2) is 4.98 Å². The summed E-state index contributed by atoms with van der Waals surface area (Å²) in [5.74, 6) is 1.05. The van der Waals surface area contributed by atoms with Crippen LogP contribution in [0.2, 0.25) is 0 Å². The molecule has 4 rings (SSSR count). The molecule has 4 nitrogen and oxygen atoms in total. The maximum atomic E-state index is 5.92. The standard InChI is InChI=1S/C14H14N4S/c1-8-6-12(15)19-13(8)14-17-10-7-16-5-4-11(10)18(14)9-2-3-9/h4-7,9H,2-3,15H2,1H3. The molecule has 0 spiro atoms. The number of aromatic nitrogens is 3. The summed E-state index contributed by atoms with van der Waals surface area (Å²) in [4.78, 5) is 10.1. The topological polar surface area (TPSA) is 56.7 Å². The number of rotatable bonds is 2. The second-order valence-electron chi connectivity index (χ2n) is 5.06. The summed E-state index contributed by atoms with van der Waals surface area (Å²) in [5.41, 5.74) is 9.27. The van der Waals surface area contributed by atoms with Gasteiger partial charge in [0.2, 0.25) is 0 Å². The van der Waals surface area contributed by atoms with Crippen LogP contribution in [0, 0.1) is 6.92 Å². The number of thiophene rings is 1. The minimum Gasteiger partial charge on any atom is -0.391 e. The van der Waals surface area contributed by atoms with Crippen molar-refractivity contribution in [1.29, 1.82) is 0 Å². The Labute approximate surface area is 114 Å². The number of hydrogen-bond donors (Lipinski definition) is 1. The predicted molar refractivity (Wildman–Crippen MR) is 78.3 cm³/mol. The highest BCUT2D eigenvalue weighted by Gasteiger charge is 2.29. The van der Waals surface area contributed by atoms with Crippen LogP contribution in [-0.2, 0) is 0 Å². The minimum absolute atomic E-state index is 0.588. The maximum absolute atomic E-state index is 5.92. The third-order valence-corrected chi connectivity index (χ3v) is 4.61.